The number of anilines is 1. The third-order valence-electron chi connectivity index (χ3n) is 2.47. The van der Waals surface area contributed by atoms with Crippen LogP contribution in [0.1, 0.15) is 0 Å². The molecule has 0 fully saturated rings. The van der Waals surface area contributed by atoms with Gasteiger partial charge >= 0.3 is 0 Å². The molecule has 2 aromatic rings. The number of hydrogen-bond acceptors (Lipinski definition) is 5. The van der Waals surface area contributed by atoms with E-state index in [2.05, 4.69) is 9.82 Å². The molecule has 7 nitrogen and oxygen atoms in total. The van der Waals surface area contributed by atoms with Crippen LogP contribution in [0.25, 0.3) is 0 Å². The van der Waals surface area contributed by atoms with Crippen molar-refractivity contribution in [3.05, 3.63) is 30.6 Å². The molecule has 3 N–H and O–H groups in total. The molecule has 0 saturated heterocycles. The van der Waals surface area contributed by atoms with Crippen molar-refractivity contribution in [2.24, 2.45) is 7.05 Å². The molecule has 1 aromatic heterocycles. The molecule has 0 bridgehead atoms. The van der Waals surface area contributed by atoms with Crippen LogP contribution >= 0.6 is 0 Å². The van der Waals surface area contributed by atoms with E-state index < -0.39 is 10.0 Å². The predicted octanol–water partition coefficient (Wildman–Crippen LogP) is 0.703. The van der Waals surface area contributed by atoms with Crippen molar-refractivity contribution in [2.75, 3.05) is 12.8 Å². The predicted molar refractivity (Wildman–Crippen MR) is 70.4 cm³/mol. The summed E-state index contributed by atoms with van der Waals surface area (Å²) in [5, 5.41) is 3.95. The van der Waals surface area contributed by atoms with Gasteiger partial charge in [0.15, 0.2) is 11.5 Å². The first-order chi connectivity index (χ1) is 8.92. The lowest BCUT2D eigenvalue weighted by Crippen LogP contribution is -2.18. The summed E-state index contributed by atoms with van der Waals surface area (Å²) in [6.45, 7) is 0. The summed E-state index contributed by atoms with van der Waals surface area (Å²) >= 11 is 0. The molecule has 0 amide bonds. The zero-order chi connectivity index (χ0) is 14.0. The van der Waals surface area contributed by atoms with Gasteiger partial charge in [-0.3, -0.25) is 4.68 Å². The monoisotopic (exact) mass is 282 g/mol. The SMILES string of the molecule is CNS(=O)(=O)c1ccc(N)c(Oc2cnn(C)c2)c1. The molecule has 0 aliphatic rings. The fraction of sp³-hybridized carbons (Fsp3) is 0.182. The second kappa shape index (κ2) is 4.90. The van der Waals surface area contributed by atoms with Crippen LogP contribution in [-0.2, 0) is 17.1 Å². The van der Waals surface area contributed by atoms with Gasteiger partial charge in [0.1, 0.15) is 0 Å². The molecule has 0 saturated carbocycles. The first kappa shape index (κ1) is 13.4. The molecule has 19 heavy (non-hydrogen) atoms. The van der Waals surface area contributed by atoms with E-state index in [0.717, 1.165) is 0 Å². The van der Waals surface area contributed by atoms with Gasteiger partial charge in [0.05, 0.1) is 23.0 Å². The highest BCUT2D eigenvalue weighted by atomic mass is 32.2. The maximum atomic E-state index is 11.7. The molecular weight excluding hydrogens is 268 g/mol. The van der Waals surface area contributed by atoms with Gasteiger partial charge in [0.25, 0.3) is 0 Å². The minimum atomic E-state index is -3.53. The lowest BCUT2D eigenvalue weighted by Gasteiger charge is -2.09. The second-order valence-electron chi connectivity index (χ2n) is 3.86. The van der Waals surface area contributed by atoms with Crippen molar-refractivity contribution in [1.29, 1.82) is 0 Å². The Kier molecular flexibility index (Phi) is 3.45. The Bertz CT molecular complexity index is 694. The lowest BCUT2D eigenvalue weighted by molar-refractivity contribution is 0.482. The Balaban J connectivity index is 2.38. The third-order valence-corrected chi connectivity index (χ3v) is 3.89. The topological polar surface area (TPSA) is 99.2 Å². The molecule has 2 rings (SSSR count). The number of nitrogens with one attached hydrogen (secondary N) is 1. The number of nitrogens with zero attached hydrogens (tertiary/aromatic N) is 2. The van der Waals surface area contributed by atoms with Crippen LogP contribution < -0.4 is 15.2 Å². The van der Waals surface area contributed by atoms with Gasteiger partial charge in [0.2, 0.25) is 10.0 Å². The van der Waals surface area contributed by atoms with Gasteiger partial charge in [-0.1, -0.05) is 0 Å². The number of aromatic nitrogens is 2. The number of benzene rings is 1. The van der Waals surface area contributed by atoms with Crippen LogP contribution in [0.15, 0.2) is 35.5 Å². The average molecular weight is 282 g/mol. The first-order valence-corrected chi connectivity index (χ1v) is 6.90. The summed E-state index contributed by atoms with van der Waals surface area (Å²) in [4.78, 5) is 0.0862. The number of hydrogen-bond donors (Lipinski definition) is 2. The van der Waals surface area contributed by atoms with Crippen molar-refractivity contribution >= 4 is 15.7 Å². The van der Waals surface area contributed by atoms with Gasteiger partial charge in [-0.25, -0.2) is 13.1 Å². The molecule has 0 spiro atoms. The molecular formula is C11H14N4O3S. The van der Waals surface area contributed by atoms with Crippen LogP contribution in [0, 0.1) is 0 Å². The fourth-order valence-electron chi connectivity index (χ4n) is 1.47. The van der Waals surface area contributed by atoms with Gasteiger partial charge in [-0.2, -0.15) is 5.10 Å². The number of nitrogens with two attached hydrogens (primary N) is 1. The van der Waals surface area contributed by atoms with Crippen molar-refractivity contribution in [1.82, 2.24) is 14.5 Å². The zero-order valence-corrected chi connectivity index (χ0v) is 11.3. The van der Waals surface area contributed by atoms with E-state index in [1.54, 1.807) is 17.9 Å². The summed E-state index contributed by atoms with van der Waals surface area (Å²) in [5.74, 6) is 0.748. The largest absolute Gasteiger partial charge is 0.452 e. The quantitative estimate of drug-likeness (QED) is 0.804. The molecule has 0 atom stereocenters. The van der Waals surface area contributed by atoms with E-state index in [4.69, 9.17) is 10.5 Å². The van der Waals surface area contributed by atoms with E-state index in [9.17, 15) is 8.42 Å². The average Bonchev–Trinajstić information content (AvgIpc) is 2.77. The van der Waals surface area contributed by atoms with Crippen LogP contribution in [0.5, 0.6) is 11.5 Å². The maximum Gasteiger partial charge on any atom is 0.240 e. The third kappa shape index (κ3) is 2.85. The Morgan fingerprint density at radius 3 is 2.74 bits per heavy atom. The maximum absolute atomic E-state index is 11.7. The molecule has 0 aliphatic carbocycles. The zero-order valence-electron chi connectivity index (χ0n) is 10.5. The Hall–Kier alpha value is -2.06. The van der Waals surface area contributed by atoms with Crippen LogP contribution in [0.3, 0.4) is 0 Å². The Morgan fingerprint density at radius 1 is 1.42 bits per heavy atom. The number of rotatable bonds is 4. The van der Waals surface area contributed by atoms with Crippen LogP contribution in [-0.4, -0.2) is 25.2 Å². The molecule has 0 radical (unpaired) electrons. The summed E-state index contributed by atoms with van der Waals surface area (Å²) in [5.41, 5.74) is 6.11. The van der Waals surface area contributed by atoms with Crippen molar-refractivity contribution in [2.45, 2.75) is 4.90 Å². The van der Waals surface area contributed by atoms with Crippen molar-refractivity contribution in [3.8, 4) is 11.5 Å². The lowest BCUT2D eigenvalue weighted by atomic mass is 10.3. The molecule has 8 heteroatoms. The number of aryl methyl sites for hydroxylation is 1. The minimum absolute atomic E-state index is 0.0862. The van der Waals surface area contributed by atoms with Crippen LogP contribution in [0.4, 0.5) is 5.69 Å². The van der Waals surface area contributed by atoms with E-state index in [0.29, 0.717) is 11.4 Å². The summed E-state index contributed by atoms with van der Waals surface area (Å²) < 4.78 is 32.7. The second-order valence-corrected chi connectivity index (χ2v) is 5.75. The summed E-state index contributed by atoms with van der Waals surface area (Å²) in [6.07, 6.45) is 3.16. The Labute approximate surface area is 111 Å². The molecule has 1 heterocycles. The molecule has 0 unspecified atom stereocenters. The summed E-state index contributed by atoms with van der Waals surface area (Å²) in [6, 6.07) is 4.27. The normalized spacial score (nSPS) is 11.5. The number of sulfonamides is 1. The highest BCUT2D eigenvalue weighted by molar-refractivity contribution is 7.89. The van der Waals surface area contributed by atoms with Gasteiger partial charge in [0, 0.05) is 13.1 Å². The summed E-state index contributed by atoms with van der Waals surface area (Å²) in [7, 11) is -0.442. The van der Waals surface area contributed by atoms with Crippen molar-refractivity contribution < 1.29 is 13.2 Å². The van der Waals surface area contributed by atoms with Crippen molar-refractivity contribution in [3.63, 3.8) is 0 Å². The minimum Gasteiger partial charge on any atom is -0.452 e. The molecule has 1 aromatic carbocycles. The van der Waals surface area contributed by atoms with Gasteiger partial charge < -0.3 is 10.5 Å². The number of ether oxygens (including phenoxy) is 1. The number of nitrogen functional groups attached to an aromatic ring is 1. The fourth-order valence-corrected chi connectivity index (χ4v) is 2.21. The van der Waals surface area contributed by atoms with E-state index >= 15 is 0 Å². The first-order valence-electron chi connectivity index (χ1n) is 5.42. The van der Waals surface area contributed by atoms with Crippen LogP contribution in [0.2, 0.25) is 0 Å². The van der Waals surface area contributed by atoms with E-state index in [1.807, 2.05) is 0 Å². The standard InChI is InChI=1S/C11H14N4O3S/c1-13-19(16,17)9-3-4-10(12)11(5-9)18-8-6-14-15(2)7-8/h3-7,13H,12H2,1-2H3. The van der Waals surface area contributed by atoms with Gasteiger partial charge in [-0.05, 0) is 19.2 Å². The van der Waals surface area contributed by atoms with E-state index in [1.165, 1.54) is 31.4 Å². The molecule has 102 valence electrons. The van der Waals surface area contributed by atoms with E-state index in [-0.39, 0.29) is 10.6 Å². The molecule has 0 aliphatic heterocycles. The Morgan fingerprint density at radius 2 is 2.16 bits per heavy atom. The smallest absolute Gasteiger partial charge is 0.240 e. The van der Waals surface area contributed by atoms with Gasteiger partial charge in [-0.15, -0.1) is 0 Å². The highest BCUT2D eigenvalue weighted by Gasteiger charge is 2.14. The highest BCUT2D eigenvalue weighted by Crippen LogP contribution is 2.29.